The predicted molar refractivity (Wildman–Crippen MR) is 168 cm³/mol. The SMILES string of the molecule is C[Si](C)(C)O[Si](CC[Si](O[Si](C)(C)C)(O[Si](C)(C)C)O[Si](C)(C)C)(O[Si](C)(C)C)O[Si](C)(C)C. The Morgan fingerprint density at radius 1 is 0.265 bits per heavy atom. The summed E-state index contributed by atoms with van der Waals surface area (Å²) in [5.74, 6) is 0. The second-order valence-electron chi connectivity index (χ2n) is 15.2. The van der Waals surface area contributed by atoms with E-state index in [0.29, 0.717) is 12.1 Å². The molecule has 0 unspecified atom stereocenters. The average Bonchev–Trinajstić information content (AvgIpc) is 2.32. The van der Waals surface area contributed by atoms with Crippen molar-refractivity contribution in [3.63, 3.8) is 0 Å². The van der Waals surface area contributed by atoms with Crippen molar-refractivity contribution in [3.05, 3.63) is 0 Å². The molecule has 0 saturated carbocycles. The van der Waals surface area contributed by atoms with Crippen molar-refractivity contribution in [2.75, 3.05) is 0 Å². The molecule has 0 heterocycles. The van der Waals surface area contributed by atoms with E-state index < -0.39 is 67.5 Å². The van der Waals surface area contributed by atoms with Gasteiger partial charge in [-0.2, -0.15) is 0 Å². The Labute approximate surface area is 221 Å². The molecule has 0 aliphatic carbocycles. The molecule has 34 heavy (non-hydrogen) atoms. The first kappa shape index (κ1) is 35.5. The van der Waals surface area contributed by atoms with Crippen molar-refractivity contribution in [3.8, 4) is 0 Å². The van der Waals surface area contributed by atoms with Crippen molar-refractivity contribution in [1.29, 1.82) is 0 Å². The molecule has 0 fully saturated rings. The Kier molecular flexibility index (Phi) is 12.2. The van der Waals surface area contributed by atoms with Crippen LogP contribution in [0.3, 0.4) is 0 Å². The van der Waals surface area contributed by atoms with E-state index in [1.807, 2.05) is 0 Å². The fourth-order valence-electron chi connectivity index (χ4n) is 3.54. The Morgan fingerprint density at radius 2 is 0.382 bits per heavy atom. The summed E-state index contributed by atoms with van der Waals surface area (Å²) in [5, 5.41) is 0. The highest BCUT2D eigenvalue weighted by Gasteiger charge is 2.56. The van der Waals surface area contributed by atoms with E-state index in [1.165, 1.54) is 0 Å². The van der Waals surface area contributed by atoms with Crippen LogP contribution >= 0.6 is 0 Å². The second kappa shape index (κ2) is 11.7. The molecule has 0 saturated heterocycles. The Morgan fingerprint density at radius 3 is 0.471 bits per heavy atom. The van der Waals surface area contributed by atoms with Gasteiger partial charge in [0.2, 0.25) is 0 Å². The first-order valence-electron chi connectivity index (χ1n) is 12.7. The highest BCUT2D eigenvalue weighted by molar-refractivity contribution is 6.93. The number of hydrogen-bond acceptors (Lipinski definition) is 6. The fraction of sp³-hybridized carbons (Fsp3) is 1.00. The summed E-state index contributed by atoms with van der Waals surface area (Å²) < 4.78 is 41.7. The Bertz CT molecular complexity index is 499. The van der Waals surface area contributed by atoms with Gasteiger partial charge in [-0.15, -0.1) is 0 Å². The smallest absolute Gasteiger partial charge is 0.417 e. The lowest BCUT2D eigenvalue weighted by Gasteiger charge is -2.46. The molecule has 6 nitrogen and oxygen atoms in total. The highest BCUT2D eigenvalue weighted by Crippen LogP contribution is 2.36. The Hall–Kier alpha value is 1.50. The van der Waals surface area contributed by atoms with E-state index >= 15 is 0 Å². The van der Waals surface area contributed by atoms with E-state index in [4.69, 9.17) is 24.7 Å². The summed E-state index contributed by atoms with van der Waals surface area (Å²) in [7, 11) is -17.7. The van der Waals surface area contributed by atoms with Crippen LogP contribution < -0.4 is 0 Å². The predicted octanol–water partition coefficient (Wildman–Crippen LogP) is 7.97. The summed E-state index contributed by atoms with van der Waals surface area (Å²) in [6, 6.07) is 1.38. The van der Waals surface area contributed by atoms with Gasteiger partial charge < -0.3 is 24.7 Å². The zero-order valence-electron chi connectivity index (χ0n) is 25.9. The van der Waals surface area contributed by atoms with Crippen LogP contribution in [0.2, 0.25) is 130 Å². The van der Waals surface area contributed by atoms with Gasteiger partial charge in [-0.05, 0) is 118 Å². The summed E-state index contributed by atoms with van der Waals surface area (Å²) in [6.45, 7) is 40.2. The second-order valence-corrected chi connectivity index (χ2v) is 49.1. The minimum atomic E-state index is -3.01. The molecule has 0 N–H and O–H groups in total. The first-order chi connectivity index (χ1) is 14.4. The third-order valence-corrected chi connectivity index (χ3v) is 27.9. The molecule has 0 aromatic heterocycles. The normalized spacial score (nSPS) is 15.7. The monoisotopic (exact) mass is 618 g/mol. The molecule has 0 spiro atoms. The lowest BCUT2D eigenvalue weighted by atomic mass is 11.0. The third-order valence-electron chi connectivity index (χ3n) is 3.51. The molecule has 206 valence electrons. The maximum absolute atomic E-state index is 6.96. The van der Waals surface area contributed by atoms with Crippen molar-refractivity contribution in [2.45, 2.75) is 130 Å². The minimum absolute atomic E-state index is 0.692. The third kappa shape index (κ3) is 17.9. The molecule has 0 amide bonds. The van der Waals surface area contributed by atoms with Gasteiger partial charge in [0.15, 0.2) is 49.9 Å². The van der Waals surface area contributed by atoms with E-state index in [0.717, 1.165) is 0 Å². The summed E-state index contributed by atoms with van der Waals surface area (Å²) in [6.07, 6.45) is 0. The lowest BCUT2D eigenvalue weighted by molar-refractivity contribution is 0.233. The molecule has 0 aromatic rings. The van der Waals surface area contributed by atoms with Crippen LogP contribution in [0.5, 0.6) is 0 Å². The number of hydrogen-bond donors (Lipinski definition) is 0. The van der Waals surface area contributed by atoms with Crippen LogP contribution in [-0.4, -0.2) is 67.5 Å². The van der Waals surface area contributed by atoms with Crippen molar-refractivity contribution >= 4 is 67.5 Å². The zero-order valence-corrected chi connectivity index (χ0v) is 33.9. The van der Waals surface area contributed by atoms with Gasteiger partial charge in [-0.1, -0.05) is 0 Å². The van der Waals surface area contributed by atoms with E-state index in [-0.39, 0.29) is 0 Å². The van der Waals surface area contributed by atoms with Crippen LogP contribution in [0.1, 0.15) is 0 Å². The van der Waals surface area contributed by atoms with Crippen molar-refractivity contribution in [1.82, 2.24) is 0 Å². The topological polar surface area (TPSA) is 55.4 Å². The van der Waals surface area contributed by atoms with Crippen LogP contribution in [0.25, 0.3) is 0 Å². The largest absolute Gasteiger partial charge is 0.469 e. The summed E-state index contributed by atoms with van der Waals surface area (Å²) in [5.41, 5.74) is 0. The average molecular weight is 619 g/mol. The van der Waals surface area contributed by atoms with Gasteiger partial charge in [-0.3, -0.25) is 0 Å². The van der Waals surface area contributed by atoms with Crippen LogP contribution in [-0.2, 0) is 24.7 Å². The minimum Gasteiger partial charge on any atom is -0.417 e. The fourth-order valence-corrected chi connectivity index (χ4v) is 34.1. The van der Waals surface area contributed by atoms with Gasteiger partial charge >= 0.3 is 17.6 Å². The van der Waals surface area contributed by atoms with Gasteiger partial charge in [0.05, 0.1) is 0 Å². The van der Waals surface area contributed by atoms with Gasteiger partial charge in [0.1, 0.15) is 0 Å². The molecular formula is C20H58O6Si8. The van der Waals surface area contributed by atoms with E-state index in [9.17, 15) is 0 Å². The molecule has 0 rings (SSSR count). The van der Waals surface area contributed by atoms with E-state index in [2.05, 4.69) is 118 Å². The van der Waals surface area contributed by atoms with Crippen molar-refractivity contribution in [2.24, 2.45) is 0 Å². The quantitative estimate of drug-likeness (QED) is 0.173. The highest BCUT2D eigenvalue weighted by atomic mass is 28.5. The van der Waals surface area contributed by atoms with Crippen molar-refractivity contribution < 1.29 is 24.7 Å². The molecule has 0 bridgehead atoms. The molecule has 0 aliphatic rings. The molecular weight excluding hydrogens is 561 g/mol. The molecule has 0 atom stereocenters. The molecule has 0 radical (unpaired) electrons. The summed E-state index contributed by atoms with van der Waals surface area (Å²) in [4.78, 5) is 0. The lowest BCUT2D eigenvalue weighted by Crippen LogP contribution is -2.64. The molecule has 14 heteroatoms. The maximum Gasteiger partial charge on any atom is 0.469 e. The molecule has 0 aliphatic heterocycles. The first-order valence-corrected chi connectivity index (χ1v) is 37.0. The van der Waals surface area contributed by atoms with Gasteiger partial charge in [0, 0.05) is 12.1 Å². The standard InChI is InChI=1S/C20H58O6Si8/c1-27(2,3)21-33(22-28(4,5)6,23-29(7,8)9)19-20-34(24-30(10,11)12,25-31(13,14)15)26-32(16,17)18/h19-20H2,1-18H3. The Balaban J connectivity index is 6.68. The van der Waals surface area contributed by atoms with Gasteiger partial charge in [0.25, 0.3) is 0 Å². The maximum atomic E-state index is 6.96. The zero-order chi connectivity index (χ0) is 27.7. The number of rotatable bonds is 15. The van der Waals surface area contributed by atoms with Crippen LogP contribution in [0.4, 0.5) is 0 Å². The molecule has 0 aromatic carbocycles. The van der Waals surface area contributed by atoms with E-state index in [1.54, 1.807) is 0 Å². The van der Waals surface area contributed by atoms with Crippen LogP contribution in [0, 0.1) is 0 Å². The van der Waals surface area contributed by atoms with Gasteiger partial charge in [-0.25, -0.2) is 0 Å². The van der Waals surface area contributed by atoms with Crippen LogP contribution in [0.15, 0.2) is 0 Å². The summed E-state index contributed by atoms with van der Waals surface area (Å²) >= 11 is 0.